The fourth-order valence-electron chi connectivity index (χ4n) is 1.89. The number of hydrogen-bond acceptors (Lipinski definition) is 5. The monoisotopic (exact) mass is 324 g/mol. The highest BCUT2D eigenvalue weighted by Crippen LogP contribution is 2.25. The Morgan fingerprint density at radius 2 is 1.77 bits per heavy atom. The van der Waals surface area contributed by atoms with Crippen LogP contribution in [0.1, 0.15) is 15.9 Å². The third-order valence-corrected chi connectivity index (χ3v) is 4.37. The zero-order chi connectivity index (χ0) is 16.3. The van der Waals surface area contributed by atoms with Gasteiger partial charge >= 0.3 is 16.1 Å². The lowest BCUT2D eigenvalue weighted by Gasteiger charge is -2.12. The van der Waals surface area contributed by atoms with Crippen molar-refractivity contribution < 1.29 is 26.5 Å². The summed E-state index contributed by atoms with van der Waals surface area (Å²) in [6, 6.07) is 9.25. The molecule has 0 bridgehead atoms. The highest BCUT2D eigenvalue weighted by Gasteiger charge is 2.24. The highest BCUT2D eigenvalue weighted by molar-refractivity contribution is 7.87. The maximum absolute atomic E-state index is 13.5. The van der Waals surface area contributed by atoms with E-state index in [2.05, 4.69) is 4.74 Å². The van der Waals surface area contributed by atoms with Gasteiger partial charge in [0.1, 0.15) is 4.90 Å². The third-order valence-electron chi connectivity index (χ3n) is 2.99. The predicted molar refractivity (Wildman–Crippen MR) is 76.7 cm³/mol. The average molecular weight is 324 g/mol. The number of esters is 1. The first-order valence-electron chi connectivity index (χ1n) is 6.24. The SMILES string of the molecule is COC(=O)c1cccc(S(=O)(=O)Oc2ccccc2F)c1C. The highest BCUT2D eigenvalue weighted by atomic mass is 32.2. The summed E-state index contributed by atoms with van der Waals surface area (Å²) in [5.74, 6) is -1.88. The van der Waals surface area contributed by atoms with E-state index in [1.807, 2.05) is 0 Å². The number of para-hydroxylation sites is 1. The molecule has 0 aliphatic carbocycles. The molecule has 0 spiro atoms. The van der Waals surface area contributed by atoms with Gasteiger partial charge in [0, 0.05) is 0 Å². The van der Waals surface area contributed by atoms with Crippen molar-refractivity contribution in [1.82, 2.24) is 0 Å². The van der Waals surface area contributed by atoms with Gasteiger partial charge in [0.2, 0.25) is 0 Å². The molecule has 0 saturated carbocycles. The van der Waals surface area contributed by atoms with E-state index in [9.17, 15) is 17.6 Å². The van der Waals surface area contributed by atoms with E-state index >= 15 is 0 Å². The molecule has 0 radical (unpaired) electrons. The minimum Gasteiger partial charge on any atom is -0.465 e. The van der Waals surface area contributed by atoms with Gasteiger partial charge in [-0.1, -0.05) is 18.2 Å². The first-order chi connectivity index (χ1) is 10.4. The van der Waals surface area contributed by atoms with Gasteiger partial charge in [-0.15, -0.1) is 0 Å². The largest absolute Gasteiger partial charge is 0.465 e. The van der Waals surface area contributed by atoms with Crippen LogP contribution in [-0.4, -0.2) is 21.5 Å². The molecule has 0 aliphatic heterocycles. The Hall–Kier alpha value is -2.41. The number of methoxy groups -OCH3 is 1. The van der Waals surface area contributed by atoms with E-state index in [0.29, 0.717) is 0 Å². The molecule has 0 aromatic heterocycles. The summed E-state index contributed by atoms with van der Waals surface area (Å²) in [7, 11) is -3.09. The van der Waals surface area contributed by atoms with Crippen LogP contribution in [0.4, 0.5) is 4.39 Å². The van der Waals surface area contributed by atoms with Gasteiger partial charge in [-0.25, -0.2) is 9.18 Å². The molecule has 0 heterocycles. The summed E-state index contributed by atoms with van der Waals surface area (Å²) in [6.07, 6.45) is 0. The number of rotatable bonds is 4. The van der Waals surface area contributed by atoms with Crippen LogP contribution in [0.15, 0.2) is 47.4 Å². The zero-order valence-electron chi connectivity index (χ0n) is 11.9. The van der Waals surface area contributed by atoms with Gasteiger partial charge in [-0.3, -0.25) is 0 Å². The molecule has 22 heavy (non-hydrogen) atoms. The molecule has 0 saturated heterocycles. The van der Waals surface area contributed by atoms with Crippen LogP contribution in [0, 0.1) is 12.7 Å². The van der Waals surface area contributed by atoms with Gasteiger partial charge in [0.15, 0.2) is 11.6 Å². The Morgan fingerprint density at radius 1 is 1.09 bits per heavy atom. The van der Waals surface area contributed by atoms with Crippen molar-refractivity contribution in [2.24, 2.45) is 0 Å². The van der Waals surface area contributed by atoms with Gasteiger partial charge in [-0.05, 0) is 36.8 Å². The second-order valence-electron chi connectivity index (χ2n) is 4.39. The lowest BCUT2D eigenvalue weighted by Crippen LogP contribution is -2.14. The van der Waals surface area contributed by atoms with E-state index in [0.717, 1.165) is 6.07 Å². The van der Waals surface area contributed by atoms with E-state index in [1.54, 1.807) is 0 Å². The minimum atomic E-state index is -4.28. The van der Waals surface area contributed by atoms with E-state index in [4.69, 9.17) is 4.18 Å². The summed E-state index contributed by atoms with van der Waals surface area (Å²) in [6.45, 7) is 1.45. The quantitative estimate of drug-likeness (QED) is 0.639. The molecule has 116 valence electrons. The Balaban J connectivity index is 2.47. The lowest BCUT2D eigenvalue weighted by atomic mass is 10.1. The number of benzene rings is 2. The van der Waals surface area contributed by atoms with Crippen LogP contribution in [0.2, 0.25) is 0 Å². The molecule has 2 rings (SSSR count). The second kappa shape index (κ2) is 6.15. The number of halogens is 1. The Bertz CT molecular complexity index is 814. The van der Waals surface area contributed by atoms with Crippen molar-refractivity contribution in [2.45, 2.75) is 11.8 Å². The van der Waals surface area contributed by atoms with Crippen LogP contribution in [0.25, 0.3) is 0 Å². The Kier molecular flexibility index (Phi) is 4.46. The van der Waals surface area contributed by atoms with Gasteiger partial charge in [-0.2, -0.15) is 8.42 Å². The van der Waals surface area contributed by atoms with Crippen molar-refractivity contribution >= 4 is 16.1 Å². The minimum absolute atomic E-state index is 0.0979. The number of hydrogen-bond donors (Lipinski definition) is 0. The number of ether oxygens (including phenoxy) is 1. The molecule has 7 heteroatoms. The summed E-state index contributed by atoms with van der Waals surface area (Å²) in [4.78, 5) is 11.4. The molecular weight excluding hydrogens is 311 g/mol. The van der Waals surface area contributed by atoms with Crippen molar-refractivity contribution in [2.75, 3.05) is 7.11 Å². The fourth-order valence-corrected chi connectivity index (χ4v) is 3.08. The van der Waals surface area contributed by atoms with Gasteiger partial charge in [0.25, 0.3) is 0 Å². The molecule has 5 nitrogen and oxygen atoms in total. The summed E-state index contributed by atoms with van der Waals surface area (Å²) in [5.41, 5.74) is 0.270. The molecule has 2 aromatic rings. The van der Waals surface area contributed by atoms with Crippen LogP contribution in [-0.2, 0) is 14.9 Å². The summed E-state index contributed by atoms with van der Waals surface area (Å²) < 4.78 is 47.5. The topological polar surface area (TPSA) is 69.7 Å². The molecular formula is C15H13FO5S. The maximum atomic E-state index is 13.5. The summed E-state index contributed by atoms with van der Waals surface area (Å²) in [5, 5.41) is 0. The maximum Gasteiger partial charge on any atom is 0.339 e. The van der Waals surface area contributed by atoms with Crippen molar-refractivity contribution in [3.05, 3.63) is 59.4 Å². The third kappa shape index (κ3) is 3.09. The second-order valence-corrected chi connectivity index (χ2v) is 5.90. The molecule has 0 atom stereocenters. The number of carbonyl (C=O) groups is 1. The van der Waals surface area contributed by atoms with Crippen molar-refractivity contribution in [3.63, 3.8) is 0 Å². The van der Waals surface area contributed by atoms with E-state index in [1.165, 1.54) is 50.4 Å². The molecule has 0 aliphatic rings. The van der Waals surface area contributed by atoms with Gasteiger partial charge in [0.05, 0.1) is 12.7 Å². The number of carbonyl (C=O) groups excluding carboxylic acids is 1. The van der Waals surface area contributed by atoms with Crippen LogP contribution in [0.3, 0.4) is 0 Å². The van der Waals surface area contributed by atoms with Crippen LogP contribution < -0.4 is 4.18 Å². The fraction of sp³-hybridized carbons (Fsp3) is 0.133. The normalized spacial score (nSPS) is 11.0. The van der Waals surface area contributed by atoms with Crippen molar-refractivity contribution in [1.29, 1.82) is 0 Å². The van der Waals surface area contributed by atoms with E-state index in [-0.39, 0.29) is 16.0 Å². The first-order valence-corrected chi connectivity index (χ1v) is 7.64. The standard InChI is InChI=1S/C15H13FO5S/c1-10-11(15(17)20-2)6-5-9-14(10)22(18,19)21-13-8-4-3-7-12(13)16/h3-9H,1-2H3. The average Bonchev–Trinajstić information content (AvgIpc) is 2.48. The molecule has 0 N–H and O–H groups in total. The Morgan fingerprint density at radius 3 is 2.41 bits per heavy atom. The zero-order valence-corrected chi connectivity index (χ0v) is 12.7. The molecule has 2 aromatic carbocycles. The van der Waals surface area contributed by atoms with Crippen LogP contribution >= 0.6 is 0 Å². The molecule has 0 unspecified atom stereocenters. The first kappa shape index (κ1) is 16.0. The molecule has 0 fully saturated rings. The van der Waals surface area contributed by atoms with Crippen molar-refractivity contribution in [3.8, 4) is 5.75 Å². The van der Waals surface area contributed by atoms with Crippen LogP contribution in [0.5, 0.6) is 5.75 Å². The Labute approximate surface area is 127 Å². The summed E-state index contributed by atoms with van der Waals surface area (Å²) >= 11 is 0. The predicted octanol–water partition coefficient (Wildman–Crippen LogP) is 2.69. The molecule has 0 amide bonds. The smallest absolute Gasteiger partial charge is 0.339 e. The van der Waals surface area contributed by atoms with E-state index < -0.39 is 27.7 Å². The lowest BCUT2D eigenvalue weighted by molar-refractivity contribution is 0.0599. The van der Waals surface area contributed by atoms with Gasteiger partial charge < -0.3 is 8.92 Å².